The lowest BCUT2D eigenvalue weighted by molar-refractivity contribution is 0.152. The molecule has 9 heavy (non-hydrogen) atoms. The number of aliphatic hydroxyl groups excluding tert-OH is 1. The van der Waals surface area contributed by atoms with Crippen molar-refractivity contribution < 1.29 is 5.11 Å². The number of allylic oxidation sites excluding steroid dienone is 1. The van der Waals surface area contributed by atoms with Gasteiger partial charge in [-0.1, -0.05) is 18.6 Å². The summed E-state index contributed by atoms with van der Waals surface area (Å²) >= 11 is 0. The van der Waals surface area contributed by atoms with E-state index in [9.17, 15) is 0 Å². The summed E-state index contributed by atoms with van der Waals surface area (Å²) in [6, 6.07) is 0. The van der Waals surface area contributed by atoms with Gasteiger partial charge in [0.15, 0.2) is 0 Å². The van der Waals surface area contributed by atoms with Crippen LogP contribution in [0.3, 0.4) is 0 Å². The molecule has 0 saturated carbocycles. The van der Waals surface area contributed by atoms with Gasteiger partial charge >= 0.3 is 0 Å². The monoisotopic (exact) mass is 128 g/mol. The Kier molecular flexibility index (Phi) is 3.55. The van der Waals surface area contributed by atoms with Gasteiger partial charge in [-0.3, -0.25) is 0 Å². The third-order valence-electron chi connectivity index (χ3n) is 1.90. The van der Waals surface area contributed by atoms with Crippen LogP contribution in [0.15, 0.2) is 11.6 Å². The maximum Gasteiger partial charge on any atom is 0.0574 e. The molecule has 2 atom stereocenters. The summed E-state index contributed by atoms with van der Waals surface area (Å²) in [6.45, 7) is 7.88. The van der Waals surface area contributed by atoms with Gasteiger partial charge in [-0.15, -0.1) is 0 Å². The molecule has 0 aliphatic rings. The molecular weight excluding hydrogens is 112 g/mol. The molecule has 0 aliphatic carbocycles. The largest absolute Gasteiger partial charge is 0.393 e. The van der Waals surface area contributed by atoms with Gasteiger partial charge in [0.05, 0.1) is 6.10 Å². The highest BCUT2D eigenvalue weighted by Crippen LogP contribution is 2.12. The Balaban J connectivity index is 3.88. The zero-order valence-electron chi connectivity index (χ0n) is 6.68. The minimum atomic E-state index is -0.221. The van der Waals surface area contributed by atoms with Gasteiger partial charge in [0, 0.05) is 5.92 Å². The highest BCUT2D eigenvalue weighted by atomic mass is 16.3. The van der Waals surface area contributed by atoms with Gasteiger partial charge in [-0.2, -0.15) is 0 Å². The Bertz CT molecular complexity index is 103. The summed E-state index contributed by atoms with van der Waals surface area (Å²) in [7, 11) is 0. The van der Waals surface area contributed by atoms with Crippen LogP contribution in [0.25, 0.3) is 0 Å². The third kappa shape index (κ3) is 2.66. The van der Waals surface area contributed by atoms with Crippen molar-refractivity contribution in [2.45, 2.75) is 33.8 Å². The van der Waals surface area contributed by atoms with E-state index in [1.165, 1.54) is 5.57 Å². The van der Waals surface area contributed by atoms with E-state index in [0.717, 1.165) is 0 Å². The molecule has 0 aromatic heterocycles. The van der Waals surface area contributed by atoms with Crippen LogP contribution in [0, 0.1) is 5.92 Å². The van der Waals surface area contributed by atoms with E-state index in [2.05, 4.69) is 0 Å². The van der Waals surface area contributed by atoms with Gasteiger partial charge < -0.3 is 5.11 Å². The first-order valence-corrected chi connectivity index (χ1v) is 3.40. The molecule has 0 rings (SSSR count). The highest BCUT2D eigenvalue weighted by Gasteiger charge is 2.08. The van der Waals surface area contributed by atoms with Crippen molar-refractivity contribution in [2.75, 3.05) is 0 Å². The predicted molar refractivity (Wildman–Crippen MR) is 40.3 cm³/mol. The summed E-state index contributed by atoms with van der Waals surface area (Å²) in [5.41, 5.74) is 1.25. The average molecular weight is 128 g/mol. The average Bonchev–Trinajstić information content (AvgIpc) is 1.84. The van der Waals surface area contributed by atoms with Gasteiger partial charge in [-0.05, 0) is 20.8 Å². The van der Waals surface area contributed by atoms with Crippen LogP contribution in [0.5, 0.6) is 0 Å². The summed E-state index contributed by atoms with van der Waals surface area (Å²) in [5, 5.41) is 9.08. The molecule has 0 bridgehead atoms. The maximum atomic E-state index is 9.08. The molecule has 0 saturated heterocycles. The number of aliphatic hydroxyl groups is 1. The molecule has 1 N–H and O–H groups in total. The molecule has 0 aliphatic heterocycles. The summed E-state index contributed by atoms with van der Waals surface area (Å²) in [6.07, 6.45) is 1.82. The Labute approximate surface area is 57.4 Å². The van der Waals surface area contributed by atoms with E-state index >= 15 is 0 Å². The SMILES string of the molecule is C/C=C(/C)[C@H](C)[C@H](C)O. The van der Waals surface area contributed by atoms with Crippen molar-refractivity contribution in [1.29, 1.82) is 0 Å². The second kappa shape index (κ2) is 3.67. The van der Waals surface area contributed by atoms with Crippen LogP contribution < -0.4 is 0 Å². The second-order valence-corrected chi connectivity index (χ2v) is 2.56. The van der Waals surface area contributed by atoms with Crippen molar-refractivity contribution in [3.8, 4) is 0 Å². The minimum absolute atomic E-state index is 0.221. The molecule has 0 radical (unpaired) electrons. The zero-order chi connectivity index (χ0) is 7.44. The molecule has 0 amide bonds. The van der Waals surface area contributed by atoms with E-state index in [1.54, 1.807) is 0 Å². The standard InChI is InChI=1S/C8H16O/c1-5-6(2)7(3)8(4)9/h5,7-9H,1-4H3/b6-5-/t7-,8-/m0/s1. The Hall–Kier alpha value is -0.300. The van der Waals surface area contributed by atoms with Crippen LogP contribution >= 0.6 is 0 Å². The first-order valence-electron chi connectivity index (χ1n) is 3.40. The molecule has 0 heterocycles. The molecule has 0 unspecified atom stereocenters. The van der Waals surface area contributed by atoms with Crippen LogP contribution in [0.2, 0.25) is 0 Å². The minimum Gasteiger partial charge on any atom is -0.393 e. The van der Waals surface area contributed by atoms with E-state index < -0.39 is 0 Å². The number of hydrogen-bond acceptors (Lipinski definition) is 1. The van der Waals surface area contributed by atoms with Crippen molar-refractivity contribution in [3.05, 3.63) is 11.6 Å². The van der Waals surface area contributed by atoms with Crippen LogP contribution in [-0.2, 0) is 0 Å². The third-order valence-corrected chi connectivity index (χ3v) is 1.90. The first-order chi connectivity index (χ1) is 4.09. The quantitative estimate of drug-likeness (QED) is 0.564. The maximum absolute atomic E-state index is 9.08. The van der Waals surface area contributed by atoms with Crippen LogP contribution in [-0.4, -0.2) is 11.2 Å². The first kappa shape index (κ1) is 8.70. The fraction of sp³-hybridized carbons (Fsp3) is 0.750. The Morgan fingerprint density at radius 1 is 1.44 bits per heavy atom. The zero-order valence-corrected chi connectivity index (χ0v) is 6.68. The predicted octanol–water partition coefficient (Wildman–Crippen LogP) is 1.97. The Morgan fingerprint density at radius 2 is 1.89 bits per heavy atom. The molecule has 0 aromatic rings. The van der Waals surface area contributed by atoms with Crippen molar-refractivity contribution in [1.82, 2.24) is 0 Å². The molecular formula is C8H16O. The number of hydrogen-bond donors (Lipinski definition) is 1. The highest BCUT2D eigenvalue weighted by molar-refractivity contribution is 5.01. The molecule has 0 aromatic carbocycles. The van der Waals surface area contributed by atoms with E-state index in [1.807, 2.05) is 33.8 Å². The molecule has 1 heteroatoms. The lowest BCUT2D eigenvalue weighted by Crippen LogP contribution is -2.13. The number of rotatable bonds is 2. The van der Waals surface area contributed by atoms with E-state index in [0.29, 0.717) is 5.92 Å². The van der Waals surface area contributed by atoms with Crippen LogP contribution in [0.4, 0.5) is 0 Å². The fourth-order valence-electron chi connectivity index (χ4n) is 0.643. The molecule has 1 nitrogen and oxygen atoms in total. The van der Waals surface area contributed by atoms with Gasteiger partial charge in [-0.25, -0.2) is 0 Å². The van der Waals surface area contributed by atoms with Gasteiger partial charge in [0.1, 0.15) is 0 Å². The Morgan fingerprint density at radius 3 is 2.00 bits per heavy atom. The molecule has 0 spiro atoms. The van der Waals surface area contributed by atoms with Crippen molar-refractivity contribution in [2.24, 2.45) is 5.92 Å². The molecule has 0 fully saturated rings. The van der Waals surface area contributed by atoms with Crippen LogP contribution in [0.1, 0.15) is 27.7 Å². The van der Waals surface area contributed by atoms with Crippen molar-refractivity contribution in [3.63, 3.8) is 0 Å². The fourth-order valence-corrected chi connectivity index (χ4v) is 0.643. The summed E-state index contributed by atoms with van der Waals surface area (Å²) in [5.74, 6) is 0.301. The van der Waals surface area contributed by atoms with Gasteiger partial charge in [0.2, 0.25) is 0 Å². The second-order valence-electron chi connectivity index (χ2n) is 2.56. The van der Waals surface area contributed by atoms with E-state index in [-0.39, 0.29) is 6.10 Å². The smallest absolute Gasteiger partial charge is 0.0574 e. The normalized spacial score (nSPS) is 19.4. The topological polar surface area (TPSA) is 20.2 Å². The van der Waals surface area contributed by atoms with E-state index in [4.69, 9.17) is 5.11 Å². The van der Waals surface area contributed by atoms with Gasteiger partial charge in [0.25, 0.3) is 0 Å². The summed E-state index contributed by atoms with van der Waals surface area (Å²) in [4.78, 5) is 0. The molecule has 54 valence electrons. The van der Waals surface area contributed by atoms with Crippen molar-refractivity contribution >= 4 is 0 Å². The lowest BCUT2D eigenvalue weighted by Gasteiger charge is -2.14. The lowest BCUT2D eigenvalue weighted by atomic mass is 9.98. The summed E-state index contributed by atoms with van der Waals surface area (Å²) < 4.78 is 0.